The fourth-order valence-electron chi connectivity index (χ4n) is 2.35. The van der Waals surface area contributed by atoms with Gasteiger partial charge in [0.25, 0.3) is 0 Å². The number of nitrogens with zero attached hydrogens (tertiary/aromatic N) is 1. The second kappa shape index (κ2) is 8.78. The lowest BCUT2D eigenvalue weighted by Gasteiger charge is -2.17. The zero-order valence-corrected chi connectivity index (χ0v) is 14.5. The molecule has 0 aliphatic heterocycles. The average Bonchev–Trinajstić information content (AvgIpc) is 2.59. The molecule has 0 spiro atoms. The lowest BCUT2D eigenvalue weighted by Crippen LogP contribution is -2.32. The summed E-state index contributed by atoms with van der Waals surface area (Å²) in [7, 11) is 1.36. The van der Waals surface area contributed by atoms with Crippen molar-refractivity contribution in [3.8, 4) is 0 Å². The molecule has 128 valence electrons. The summed E-state index contributed by atoms with van der Waals surface area (Å²) in [5, 5.41) is 13.8. The molecule has 6 heteroatoms. The minimum absolute atomic E-state index is 0.155. The number of esters is 1. The molecule has 1 aromatic carbocycles. The van der Waals surface area contributed by atoms with E-state index >= 15 is 0 Å². The molecule has 5 nitrogen and oxygen atoms in total. The quantitative estimate of drug-likeness (QED) is 0.594. The number of pyridine rings is 1. The molecule has 0 aliphatic carbocycles. The Kier molecular flexibility index (Phi) is 6.73. The average molecular weight is 349 g/mol. The molecular formula is C18H21ClN2O3. The number of methoxy groups -OCH3 is 1. The van der Waals surface area contributed by atoms with E-state index in [9.17, 15) is 9.90 Å². The van der Waals surface area contributed by atoms with Gasteiger partial charge in [0.15, 0.2) is 0 Å². The van der Waals surface area contributed by atoms with Crippen LogP contribution in [0.2, 0.25) is 5.15 Å². The molecule has 24 heavy (non-hydrogen) atoms. The van der Waals surface area contributed by atoms with Crippen molar-refractivity contribution in [2.24, 2.45) is 0 Å². The summed E-state index contributed by atoms with van der Waals surface area (Å²) in [5.41, 5.74) is 2.17. The van der Waals surface area contributed by atoms with Crippen molar-refractivity contribution in [3.63, 3.8) is 0 Å². The third-order valence-corrected chi connectivity index (χ3v) is 3.87. The highest BCUT2D eigenvalue weighted by Gasteiger charge is 2.12. The van der Waals surface area contributed by atoms with Gasteiger partial charge in [-0.25, -0.2) is 9.78 Å². The fraction of sp³-hybridized carbons (Fsp3) is 0.333. The number of aliphatic hydroxyl groups excluding tert-OH is 1. The zero-order chi connectivity index (χ0) is 17.5. The van der Waals surface area contributed by atoms with Crippen molar-refractivity contribution >= 4 is 17.6 Å². The van der Waals surface area contributed by atoms with Crippen LogP contribution in [-0.4, -0.2) is 35.8 Å². The molecular weight excluding hydrogens is 328 g/mol. The predicted octanol–water partition coefficient (Wildman–Crippen LogP) is 2.78. The van der Waals surface area contributed by atoms with Crippen LogP contribution in [0.15, 0.2) is 42.5 Å². The number of nitrogens with one attached hydrogen (secondary N) is 1. The van der Waals surface area contributed by atoms with Gasteiger partial charge in [-0.1, -0.05) is 29.8 Å². The number of hydrogen-bond donors (Lipinski definition) is 2. The van der Waals surface area contributed by atoms with Gasteiger partial charge < -0.3 is 15.2 Å². The van der Waals surface area contributed by atoms with Crippen molar-refractivity contribution in [2.45, 2.75) is 25.5 Å². The van der Waals surface area contributed by atoms with Crippen LogP contribution in [0, 0.1) is 0 Å². The van der Waals surface area contributed by atoms with Crippen molar-refractivity contribution in [3.05, 3.63) is 64.4 Å². The second-order valence-electron chi connectivity index (χ2n) is 5.60. The van der Waals surface area contributed by atoms with Gasteiger partial charge in [0.1, 0.15) is 11.3 Å². The lowest BCUT2D eigenvalue weighted by atomic mass is 10.0. The van der Waals surface area contributed by atoms with Crippen molar-refractivity contribution in [1.29, 1.82) is 0 Å². The molecule has 0 aliphatic rings. The Hall–Kier alpha value is -1.95. The predicted molar refractivity (Wildman–Crippen MR) is 93.2 cm³/mol. The van der Waals surface area contributed by atoms with Gasteiger partial charge in [-0.3, -0.25) is 0 Å². The Balaban J connectivity index is 1.84. The second-order valence-corrected chi connectivity index (χ2v) is 5.99. The Morgan fingerprint density at radius 2 is 2.00 bits per heavy atom. The topological polar surface area (TPSA) is 71.5 Å². The monoisotopic (exact) mass is 348 g/mol. The van der Waals surface area contributed by atoms with Gasteiger partial charge in [-0.15, -0.1) is 0 Å². The number of carbonyl (C=O) groups is 1. The summed E-state index contributed by atoms with van der Waals surface area (Å²) in [6.45, 7) is 2.42. The fourth-order valence-corrected chi connectivity index (χ4v) is 2.52. The molecule has 2 rings (SSSR count). The van der Waals surface area contributed by atoms with E-state index in [-0.39, 0.29) is 12.0 Å². The molecule has 1 heterocycles. The zero-order valence-electron chi connectivity index (χ0n) is 13.7. The summed E-state index contributed by atoms with van der Waals surface area (Å²) in [6.07, 6.45) is 0.0600. The van der Waals surface area contributed by atoms with Gasteiger partial charge in [0.05, 0.1) is 18.4 Å². The third kappa shape index (κ3) is 5.30. The molecule has 0 fully saturated rings. The molecule has 0 amide bonds. The van der Waals surface area contributed by atoms with Crippen LogP contribution in [0.25, 0.3) is 0 Å². The molecule has 2 atom stereocenters. The number of rotatable bonds is 7. The summed E-state index contributed by atoms with van der Waals surface area (Å²) in [4.78, 5) is 15.5. The Labute approximate surface area is 146 Å². The number of aliphatic hydroxyl groups is 1. The van der Waals surface area contributed by atoms with E-state index in [0.29, 0.717) is 23.0 Å². The highest BCUT2D eigenvalue weighted by Crippen LogP contribution is 2.13. The van der Waals surface area contributed by atoms with E-state index in [1.165, 1.54) is 7.11 Å². The van der Waals surface area contributed by atoms with Crippen LogP contribution < -0.4 is 5.32 Å². The minimum atomic E-state index is -0.715. The first-order valence-corrected chi connectivity index (χ1v) is 8.08. The lowest BCUT2D eigenvalue weighted by molar-refractivity contribution is 0.0600. The van der Waals surface area contributed by atoms with E-state index in [4.69, 9.17) is 11.6 Å². The maximum absolute atomic E-state index is 11.4. The van der Waals surface area contributed by atoms with Crippen molar-refractivity contribution < 1.29 is 14.6 Å². The van der Waals surface area contributed by atoms with Crippen LogP contribution in [0.4, 0.5) is 0 Å². The molecule has 2 N–H and O–H groups in total. The van der Waals surface area contributed by atoms with Crippen LogP contribution in [-0.2, 0) is 11.2 Å². The first kappa shape index (κ1) is 18.4. The number of aromatic nitrogens is 1. The van der Waals surface area contributed by atoms with E-state index in [2.05, 4.69) is 15.0 Å². The summed E-state index contributed by atoms with van der Waals surface area (Å²) in [6, 6.07) is 12.6. The van der Waals surface area contributed by atoms with Gasteiger partial charge in [0, 0.05) is 12.6 Å². The first-order chi connectivity index (χ1) is 11.5. The largest absolute Gasteiger partial charge is 0.465 e. The van der Waals surface area contributed by atoms with Crippen LogP contribution in [0.3, 0.4) is 0 Å². The van der Waals surface area contributed by atoms with Gasteiger partial charge in [0.2, 0.25) is 0 Å². The van der Waals surface area contributed by atoms with Crippen LogP contribution in [0.1, 0.15) is 34.6 Å². The van der Waals surface area contributed by atoms with Crippen molar-refractivity contribution in [2.75, 3.05) is 13.7 Å². The smallest absolute Gasteiger partial charge is 0.337 e. The Morgan fingerprint density at radius 3 is 2.62 bits per heavy atom. The molecule has 0 radical (unpaired) electrons. The van der Waals surface area contributed by atoms with Gasteiger partial charge >= 0.3 is 5.97 Å². The molecule has 0 saturated heterocycles. The number of halogens is 1. The number of benzene rings is 1. The number of carbonyl (C=O) groups excluding carboxylic acids is 1. The first-order valence-electron chi connectivity index (χ1n) is 7.70. The van der Waals surface area contributed by atoms with Gasteiger partial charge in [-0.05, 0) is 43.2 Å². The minimum Gasteiger partial charge on any atom is -0.465 e. The van der Waals surface area contributed by atoms with E-state index in [1.54, 1.807) is 30.3 Å². The third-order valence-electron chi connectivity index (χ3n) is 3.65. The summed E-state index contributed by atoms with van der Waals surface area (Å²) in [5.74, 6) is -0.343. The molecule has 2 unspecified atom stereocenters. The summed E-state index contributed by atoms with van der Waals surface area (Å²) < 4.78 is 4.68. The summed E-state index contributed by atoms with van der Waals surface area (Å²) >= 11 is 5.83. The maximum Gasteiger partial charge on any atom is 0.337 e. The Bertz CT molecular complexity index is 676. The van der Waals surface area contributed by atoms with Gasteiger partial charge in [-0.2, -0.15) is 0 Å². The number of hydrogen-bond acceptors (Lipinski definition) is 5. The highest BCUT2D eigenvalue weighted by molar-refractivity contribution is 6.29. The van der Waals surface area contributed by atoms with E-state index < -0.39 is 6.10 Å². The molecule has 1 aromatic heterocycles. The molecule has 0 saturated carbocycles. The highest BCUT2D eigenvalue weighted by atomic mass is 35.5. The Morgan fingerprint density at radius 1 is 1.29 bits per heavy atom. The molecule has 0 bridgehead atoms. The van der Waals surface area contributed by atoms with Crippen LogP contribution >= 0.6 is 11.6 Å². The number of ether oxygens (including phenoxy) is 1. The molecule has 2 aromatic rings. The van der Waals surface area contributed by atoms with E-state index in [1.807, 2.05) is 19.1 Å². The normalized spacial score (nSPS) is 13.3. The SMILES string of the molecule is COC(=O)c1ccc(CC(C)NCC(O)c2cccc(Cl)n2)cc1. The van der Waals surface area contributed by atoms with Crippen molar-refractivity contribution in [1.82, 2.24) is 10.3 Å². The van der Waals surface area contributed by atoms with E-state index in [0.717, 1.165) is 12.0 Å². The maximum atomic E-state index is 11.4. The van der Waals surface area contributed by atoms with Crippen LogP contribution in [0.5, 0.6) is 0 Å². The standard InChI is InChI=1S/C18H21ClN2O3/c1-12(10-13-6-8-14(9-7-13)18(23)24-2)20-11-16(22)15-4-3-5-17(19)21-15/h3-9,12,16,20,22H,10-11H2,1-2H3.